The van der Waals surface area contributed by atoms with Crippen molar-refractivity contribution in [1.82, 2.24) is 0 Å². The second kappa shape index (κ2) is 6.26. The zero-order valence-corrected chi connectivity index (χ0v) is 11.2. The van der Waals surface area contributed by atoms with Gasteiger partial charge in [-0.15, -0.1) is 11.8 Å². The fraction of sp³-hybridized carbons (Fsp3) is 0.133. The molecule has 0 aromatic heterocycles. The molecule has 2 rings (SSSR count). The maximum atomic E-state index is 13.5. The summed E-state index contributed by atoms with van der Waals surface area (Å²) in [5, 5.41) is 9.01. The van der Waals surface area contributed by atoms with Crippen molar-refractivity contribution in [1.29, 1.82) is 5.26 Å². The van der Waals surface area contributed by atoms with E-state index in [4.69, 9.17) is 10.00 Å². The molecule has 2 nitrogen and oxygen atoms in total. The molecule has 2 aromatic rings. The number of nitriles is 1. The zero-order valence-electron chi connectivity index (χ0n) is 10.4. The number of rotatable bonds is 4. The molecule has 0 aliphatic heterocycles. The van der Waals surface area contributed by atoms with Crippen LogP contribution in [-0.4, -0.2) is 7.11 Å². The number of hydrogen-bond acceptors (Lipinski definition) is 3. The van der Waals surface area contributed by atoms with Crippen LogP contribution in [0.25, 0.3) is 0 Å². The molecule has 0 unspecified atom stereocenters. The molecule has 0 bridgehead atoms. The van der Waals surface area contributed by atoms with Crippen LogP contribution in [0.1, 0.15) is 11.1 Å². The van der Waals surface area contributed by atoms with Gasteiger partial charge in [-0.05, 0) is 29.8 Å². The smallest absolute Gasteiger partial charge is 0.136 e. The normalized spacial score (nSPS) is 9.95. The van der Waals surface area contributed by atoms with Crippen molar-refractivity contribution in [2.75, 3.05) is 7.11 Å². The lowest BCUT2D eigenvalue weighted by atomic mass is 10.1. The van der Waals surface area contributed by atoms with E-state index in [1.165, 1.54) is 24.9 Å². The van der Waals surface area contributed by atoms with Gasteiger partial charge in [-0.1, -0.05) is 18.2 Å². The molecule has 0 radical (unpaired) electrons. The number of methoxy groups -OCH3 is 1. The minimum absolute atomic E-state index is 0.221. The number of halogens is 1. The van der Waals surface area contributed by atoms with Crippen LogP contribution in [0.4, 0.5) is 4.39 Å². The highest BCUT2D eigenvalue weighted by Gasteiger charge is 2.06. The van der Waals surface area contributed by atoms with Gasteiger partial charge in [0.2, 0.25) is 0 Å². The molecule has 0 N–H and O–H groups in total. The van der Waals surface area contributed by atoms with Gasteiger partial charge in [-0.3, -0.25) is 0 Å². The van der Waals surface area contributed by atoms with E-state index in [0.29, 0.717) is 22.0 Å². The molecule has 2 aromatic carbocycles. The summed E-state index contributed by atoms with van der Waals surface area (Å²) in [4.78, 5) is 0.608. The molecule has 0 spiro atoms. The molecule has 0 amide bonds. The van der Waals surface area contributed by atoms with E-state index in [0.717, 1.165) is 5.56 Å². The molecule has 0 heterocycles. The van der Waals surface area contributed by atoms with E-state index >= 15 is 0 Å². The van der Waals surface area contributed by atoms with E-state index in [2.05, 4.69) is 6.07 Å². The number of nitrogens with zero attached hydrogens (tertiary/aromatic N) is 1. The maximum absolute atomic E-state index is 13.5. The average Bonchev–Trinajstić information content (AvgIpc) is 2.46. The van der Waals surface area contributed by atoms with Gasteiger partial charge in [0.05, 0.1) is 12.7 Å². The van der Waals surface area contributed by atoms with Crippen molar-refractivity contribution in [2.45, 2.75) is 10.6 Å². The van der Waals surface area contributed by atoms with Crippen molar-refractivity contribution in [3.63, 3.8) is 0 Å². The fourth-order valence-corrected chi connectivity index (χ4v) is 2.54. The minimum Gasteiger partial charge on any atom is -0.495 e. The summed E-state index contributed by atoms with van der Waals surface area (Å²) in [6.07, 6.45) is 0. The molecular weight excluding hydrogens is 261 g/mol. The summed E-state index contributed by atoms with van der Waals surface area (Å²) in [6.45, 7) is 0. The maximum Gasteiger partial charge on any atom is 0.136 e. The van der Waals surface area contributed by atoms with Crippen LogP contribution in [0.3, 0.4) is 0 Å². The Bertz CT molecular complexity index is 622. The molecule has 0 fully saturated rings. The monoisotopic (exact) mass is 273 g/mol. The van der Waals surface area contributed by atoms with Crippen LogP contribution in [0.5, 0.6) is 5.75 Å². The standard InChI is InChI=1S/C15H12FNOS/c1-18-14-7-6-11(8-12(14)9-17)10-19-15-5-3-2-4-13(15)16/h2-8H,10H2,1H3. The lowest BCUT2D eigenvalue weighted by Crippen LogP contribution is -1.90. The molecule has 96 valence electrons. The first kappa shape index (κ1) is 13.4. The summed E-state index contributed by atoms with van der Waals surface area (Å²) in [5.74, 6) is 0.947. The largest absolute Gasteiger partial charge is 0.495 e. The number of benzene rings is 2. The third kappa shape index (κ3) is 3.27. The topological polar surface area (TPSA) is 33.0 Å². The Balaban J connectivity index is 2.13. The summed E-state index contributed by atoms with van der Waals surface area (Å²) in [6, 6.07) is 14.2. The highest BCUT2D eigenvalue weighted by Crippen LogP contribution is 2.27. The number of thioether (sulfide) groups is 1. The van der Waals surface area contributed by atoms with Crippen LogP contribution in [0.2, 0.25) is 0 Å². The van der Waals surface area contributed by atoms with Crippen molar-refractivity contribution in [3.8, 4) is 11.8 Å². The molecule has 0 aliphatic rings. The Morgan fingerprint density at radius 3 is 2.74 bits per heavy atom. The van der Waals surface area contributed by atoms with E-state index in [-0.39, 0.29) is 5.82 Å². The van der Waals surface area contributed by atoms with Gasteiger partial charge in [0.25, 0.3) is 0 Å². The van der Waals surface area contributed by atoms with E-state index in [9.17, 15) is 4.39 Å². The fourth-order valence-electron chi connectivity index (χ4n) is 1.66. The Hall–Kier alpha value is -1.99. The third-order valence-electron chi connectivity index (χ3n) is 2.62. The quantitative estimate of drug-likeness (QED) is 0.789. The minimum atomic E-state index is -0.221. The second-order valence-corrected chi connectivity index (χ2v) is 4.88. The molecule has 0 aliphatic carbocycles. The highest BCUT2D eigenvalue weighted by atomic mass is 32.2. The van der Waals surface area contributed by atoms with Crippen LogP contribution >= 0.6 is 11.8 Å². The van der Waals surface area contributed by atoms with Crippen LogP contribution < -0.4 is 4.74 Å². The lowest BCUT2D eigenvalue weighted by molar-refractivity contribution is 0.413. The molecule has 19 heavy (non-hydrogen) atoms. The molecular formula is C15H12FNOS. The van der Waals surface area contributed by atoms with Crippen molar-refractivity contribution in [2.24, 2.45) is 0 Å². The first-order valence-electron chi connectivity index (χ1n) is 5.69. The molecule has 0 atom stereocenters. The summed E-state index contributed by atoms with van der Waals surface area (Å²) in [7, 11) is 1.53. The van der Waals surface area contributed by atoms with E-state index in [1.807, 2.05) is 6.07 Å². The van der Waals surface area contributed by atoms with Crippen LogP contribution in [0, 0.1) is 17.1 Å². The predicted octanol–water partition coefficient (Wildman–Crippen LogP) is 4.00. The summed E-state index contributed by atoms with van der Waals surface area (Å²) < 4.78 is 18.5. The molecule has 0 saturated carbocycles. The molecule has 0 saturated heterocycles. The van der Waals surface area contributed by atoms with Gasteiger partial charge in [0.1, 0.15) is 17.6 Å². The Morgan fingerprint density at radius 2 is 2.05 bits per heavy atom. The van der Waals surface area contributed by atoms with Crippen LogP contribution in [0.15, 0.2) is 47.4 Å². The zero-order chi connectivity index (χ0) is 13.7. The predicted molar refractivity (Wildman–Crippen MR) is 73.7 cm³/mol. The van der Waals surface area contributed by atoms with Crippen molar-refractivity contribution < 1.29 is 9.13 Å². The lowest BCUT2D eigenvalue weighted by Gasteiger charge is -2.06. The Labute approximate surface area is 115 Å². The second-order valence-electron chi connectivity index (χ2n) is 3.87. The van der Waals surface area contributed by atoms with Gasteiger partial charge in [-0.25, -0.2) is 4.39 Å². The third-order valence-corrected chi connectivity index (χ3v) is 3.74. The van der Waals surface area contributed by atoms with Crippen LogP contribution in [-0.2, 0) is 5.75 Å². The van der Waals surface area contributed by atoms with Gasteiger partial charge in [0.15, 0.2) is 0 Å². The van der Waals surface area contributed by atoms with Gasteiger partial charge >= 0.3 is 0 Å². The summed E-state index contributed by atoms with van der Waals surface area (Å²) in [5.41, 5.74) is 1.46. The first-order valence-corrected chi connectivity index (χ1v) is 6.67. The Kier molecular flexibility index (Phi) is 4.43. The molecule has 4 heteroatoms. The Morgan fingerprint density at radius 1 is 1.26 bits per heavy atom. The van der Waals surface area contributed by atoms with Crippen molar-refractivity contribution >= 4 is 11.8 Å². The highest BCUT2D eigenvalue weighted by molar-refractivity contribution is 7.98. The average molecular weight is 273 g/mol. The van der Waals surface area contributed by atoms with E-state index in [1.54, 1.807) is 30.3 Å². The first-order chi connectivity index (χ1) is 9.24. The summed E-state index contributed by atoms with van der Waals surface area (Å²) >= 11 is 1.41. The SMILES string of the molecule is COc1ccc(CSc2ccccc2F)cc1C#N. The van der Waals surface area contributed by atoms with Gasteiger partial charge < -0.3 is 4.74 Å². The van der Waals surface area contributed by atoms with Gasteiger partial charge in [-0.2, -0.15) is 5.26 Å². The van der Waals surface area contributed by atoms with Gasteiger partial charge in [0, 0.05) is 10.6 Å². The van der Waals surface area contributed by atoms with Crippen molar-refractivity contribution in [3.05, 3.63) is 59.4 Å². The van der Waals surface area contributed by atoms with E-state index < -0.39 is 0 Å². The number of ether oxygens (including phenoxy) is 1. The number of hydrogen-bond donors (Lipinski definition) is 0.